The molecule has 0 amide bonds. The molecule has 0 aromatic heterocycles. The average Bonchev–Trinajstić information content (AvgIpc) is 2.41. The van der Waals surface area contributed by atoms with E-state index in [0.29, 0.717) is 0 Å². The molecule has 9 heteroatoms. The van der Waals surface area contributed by atoms with Gasteiger partial charge in [0.05, 0.1) is 0 Å². The quantitative estimate of drug-likeness (QED) is 0.377. The van der Waals surface area contributed by atoms with Crippen molar-refractivity contribution >= 4 is 17.9 Å². The van der Waals surface area contributed by atoms with E-state index in [2.05, 4.69) is 4.74 Å². The van der Waals surface area contributed by atoms with Crippen LogP contribution in [-0.2, 0) is 23.9 Å². The fourth-order valence-electron chi connectivity index (χ4n) is 1.14. The van der Waals surface area contributed by atoms with Crippen LogP contribution in [0.25, 0.3) is 0 Å². The highest BCUT2D eigenvalue weighted by atomic mass is 16.6. The zero-order chi connectivity index (χ0) is 16.7. The molecule has 0 radical (unpaired) electrons. The molecule has 21 heavy (non-hydrogen) atoms. The first-order valence-corrected chi connectivity index (χ1v) is 6.44. The highest BCUT2D eigenvalue weighted by Gasteiger charge is 2.29. The molecule has 7 N–H and O–H groups in total. The summed E-state index contributed by atoms with van der Waals surface area (Å²) in [4.78, 5) is 33.7. The molecule has 0 heterocycles. The molecule has 0 bridgehead atoms. The Balaban J connectivity index is 4.37. The molecule has 0 spiro atoms. The van der Waals surface area contributed by atoms with E-state index in [1.807, 2.05) is 0 Å². The van der Waals surface area contributed by atoms with Crippen LogP contribution in [0, 0.1) is 5.92 Å². The Hall–Kier alpha value is -1.71. The highest BCUT2D eigenvalue weighted by Crippen LogP contribution is 2.06. The molecule has 9 nitrogen and oxygen atoms in total. The van der Waals surface area contributed by atoms with Crippen LogP contribution in [0.5, 0.6) is 0 Å². The van der Waals surface area contributed by atoms with E-state index in [0.717, 1.165) is 0 Å². The van der Waals surface area contributed by atoms with Crippen LogP contribution in [-0.4, -0.2) is 53.9 Å². The van der Waals surface area contributed by atoms with Crippen molar-refractivity contribution in [2.24, 2.45) is 23.1 Å². The fourth-order valence-corrected chi connectivity index (χ4v) is 1.14. The van der Waals surface area contributed by atoms with Crippen LogP contribution in [0.3, 0.4) is 0 Å². The standard InChI is InChI=1S/C12H23N3O6/c1-5(2)8(14)12(19)21-6(3)9(15)11(18)20-4-7(13)10(16)17/h5-9H,4,13-15H2,1-3H3,(H,16,17)/t6-,7+,8+,9+/m1/s1. The Bertz CT molecular complexity index is 387. The Labute approximate surface area is 122 Å². The van der Waals surface area contributed by atoms with Crippen molar-refractivity contribution in [2.75, 3.05) is 6.61 Å². The maximum absolute atomic E-state index is 11.6. The van der Waals surface area contributed by atoms with Gasteiger partial charge in [0.2, 0.25) is 0 Å². The van der Waals surface area contributed by atoms with E-state index in [9.17, 15) is 14.4 Å². The van der Waals surface area contributed by atoms with Crippen molar-refractivity contribution in [2.45, 2.75) is 45.0 Å². The molecule has 122 valence electrons. The molecular formula is C12H23N3O6. The predicted octanol–water partition coefficient (Wildman–Crippen LogP) is -1.82. The van der Waals surface area contributed by atoms with Gasteiger partial charge in [0.25, 0.3) is 0 Å². The molecule has 0 aromatic rings. The normalized spacial score (nSPS) is 16.7. The first kappa shape index (κ1) is 19.3. The number of carbonyl (C=O) groups is 3. The molecule has 0 fully saturated rings. The first-order valence-electron chi connectivity index (χ1n) is 6.44. The van der Waals surface area contributed by atoms with Crippen LogP contribution in [0.4, 0.5) is 0 Å². The third kappa shape index (κ3) is 6.52. The molecule has 0 saturated carbocycles. The molecule has 0 aliphatic carbocycles. The Morgan fingerprint density at radius 1 is 1.00 bits per heavy atom. The lowest BCUT2D eigenvalue weighted by molar-refractivity contribution is -0.158. The summed E-state index contributed by atoms with van der Waals surface area (Å²) in [5, 5.41) is 8.54. The van der Waals surface area contributed by atoms with Crippen molar-refractivity contribution < 1.29 is 29.0 Å². The van der Waals surface area contributed by atoms with Crippen molar-refractivity contribution in [1.29, 1.82) is 0 Å². The third-order valence-corrected chi connectivity index (χ3v) is 2.79. The monoisotopic (exact) mass is 305 g/mol. The molecule has 0 unspecified atom stereocenters. The minimum absolute atomic E-state index is 0.124. The smallest absolute Gasteiger partial charge is 0.326 e. The van der Waals surface area contributed by atoms with Gasteiger partial charge in [0.1, 0.15) is 30.8 Å². The van der Waals surface area contributed by atoms with Crippen molar-refractivity contribution in [3.63, 3.8) is 0 Å². The summed E-state index contributed by atoms with van der Waals surface area (Å²) in [5.41, 5.74) is 16.3. The van der Waals surface area contributed by atoms with Gasteiger partial charge < -0.3 is 31.8 Å². The number of aliphatic carboxylic acids is 1. The van der Waals surface area contributed by atoms with Gasteiger partial charge in [-0.3, -0.25) is 14.4 Å². The summed E-state index contributed by atoms with van der Waals surface area (Å²) in [6, 6.07) is -3.42. The summed E-state index contributed by atoms with van der Waals surface area (Å²) >= 11 is 0. The second-order valence-electron chi connectivity index (χ2n) is 5.01. The maximum atomic E-state index is 11.6. The molecular weight excluding hydrogens is 282 g/mol. The van der Waals surface area contributed by atoms with E-state index < -0.39 is 48.7 Å². The summed E-state index contributed by atoms with van der Waals surface area (Å²) in [6.45, 7) is 4.39. The van der Waals surface area contributed by atoms with Crippen molar-refractivity contribution in [1.82, 2.24) is 0 Å². The number of carboxylic acid groups (broad SMARTS) is 1. The zero-order valence-electron chi connectivity index (χ0n) is 12.3. The van der Waals surface area contributed by atoms with Gasteiger partial charge in [0, 0.05) is 0 Å². The predicted molar refractivity (Wildman–Crippen MR) is 72.9 cm³/mol. The Morgan fingerprint density at radius 2 is 1.52 bits per heavy atom. The number of ether oxygens (including phenoxy) is 2. The van der Waals surface area contributed by atoms with Crippen LogP contribution in [0.15, 0.2) is 0 Å². The number of nitrogens with two attached hydrogens (primary N) is 3. The lowest BCUT2D eigenvalue weighted by atomic mass is 10.1. The fraction of sp³-hybridized carbons (Fsp3) is 0.750. The van der Waals surface area contributed by atoms with Crippen LogP contribution in [0.1, 0.15) is 20.8 Å². The van der Waals surface area contributed by atoms with E-state index >= 15 is 0 Å². The second kappa shape index (κ2) is 8.55. The van der Waals surface area contributed by atoms with Gasteiger partial charge in [-0.2, -0.15) is 0 Å². The van der Waals surface area contributed by atoms with Crippen LogP contribution in [0.2, 0.25) is 0 Å². The van der Waals surface area contributed by atoms with Crippen molar-refractivity contribution in [3.05, 3.63) is 0 Å². The molecule has 0 saturated heterocycles. The van der Waals surface area contributed by atoms with Gasteiger partial charge in [-0.1, -0.05) is 13.8 Å². The number of esters is 2. The van der Waals surface area contributed by atoms with Gasteiger partial charge in [0.15, 0.2) is 0 Å². The van der Waals surface area contributed by atoms with Gasteiger partial charge in [-0.05, 0) is 12.8 Å². The topological polar surface area (TPSA) is 168 Å². The number of carboxylic acids is 1. The zero-order valence-corrected chi connectivity index (χ0v) is 12.3. The Morgan fingerprint density at radius 3 is 1.95 bits per heavy atom. The van der Waals surface area contributed by atoms with E-state index in [1.165, 1.54) is 6.92 Å². The summed E-state index contributed by atoms with van der Waals surface area (Å²) in [7, 11) is 0. The lowest BCUT2D eigenvalue weighted by Gasteiger charge is -2.22. The van der Waals surface area contributed by atoms with E-state index in [4.69, 9.17) is 27.0 Å². The minimum Gasteiger partial charge on any atom is -0.480 e. The SMILES string of the molecule is CC(C)[C@H](N)C(=O)O[C@H](C)[C@H](N)C(=O)OC[C@H](N)C(=O)O. The molecule has 0 aliphatic rings. The first-order chi connectivity index (χ1) is 9.57. The van der Waals surface area contributed by atoms with Crippen LogP contribution >= 0.6 is 0 Å². The molecule has 0 aromatic carbocycles. The number of hydrogen-bond donors (Lipinski definition) is 4. The number of carbonyl (C=O) groups excluding carboxylic acids is 2. The van der Waals surface area contributed by atoms with Gasteiger partial charge >= 0.3 is 17.9 Å². The lowest BCUT2D eigenvalue weighted by Crippen LogP contribution is -2.48. The number of rotatable bonds is 8. The number of hydrogen-bond acceptors (Lipinski definition) is 8. The summed E-state index contributed by atoms with van der Waals surface area (Å²) in [6.07, 6.45) is -0.962. The van der Waals surface area contributed by atoms with E-state index in [-0.39, 0.29) is 5.92 Å². The van der Waals surface area contributed by atoms with Gasteiger partial charge in [-0.25, -0.2) is 0 Å². The second-order valence-corrected chi connectivity index (χ2v) is 5.01. The average molecular weight is 305 g/mol. The maximum Gasteiger partial charge on any atom is 0.326 e. The largest absolute Gasteiger partial charge is 0.480 e. The van der Waals surface area contributed by atoms with Crippen LogP contribution < -0.4 is 17.2 Å². The van der Waals surface area contributed by atoms with Crippen molar-refractivity contribution in [3.8, 4) is 0 Å². The third-order valence-electron chi connectivity index (χ3n) is 2.79. The summed E-state index contributed by atoms with van der Waals surface area (Å²) < 4.78 is 9.62. The highest BCUT2D eigenvalue weighted by molar-refractivity contribution is 5.79. The molecule has 0 rings (SSSR count). The van der Waals surface area contributed by atoms with E-state index in [1.54, 1.807) is 13.8 Å². The summed E-state index contributed by atoms with van der Waals surface area (Å²) in [5.74, 6) is -3.02. The Kier molecular flexibility index (Phi) is 7.85. The van der Waals surface area contributed by atoms with Gasteiger partial charge in [-0.15, -0.1) is 0 Å². The molecule has 0 aliphatic heterocycles. The molecule has 4 atom stereocenters. The minimum atomic E-state index is -1.34.